The Labute approximate surface area is 109 Å². The number of carbonyl (C=O) groups is 1. The summed E-state index contributed by atoms with van der Waals surface area (Å²) in [5.41, 5.74) is -1.17. The van der Waals surface area contributed by atoms with Crippen molar-refractivity contribution in [2.75, 3.05) is 0 Å². The summed E-state index contributed by atoms with van der Waals surface area (Å²) in [5.74, 6) is -1.01. The second kappa shape index (κ2) is 6.15. The van der Waals surface area contributed by atoms with Crippen LogP contribution in [-0.2, 0) is 4.79 Å². The second-order valence-corrected chi connectivity index (χ2v) is 2.16. The van der Waals surface area contributed by atoms with Gasteiger partial charge in [0, 0.05) is 64.2 Å². The van der Waals surface area contributed by atoms with Gasteiger partial charge in [0.2, 0.25) is 0 Å². The predicted molar refractivity (Wildman–Crippen MR) is 43.3 cm³/mol. The Bertz CT molecular complexity index is 170. The topological polar surface area (TPSA) is 41.7 Å². The van der Waals surface area contributed by atoms with Gasteiger partial charge in [0.1, 0.15) is 0 Å². The fraction of sp³-hybridized carbons (Fsp3) is 0.714. The Kier molecular flexibility index (Phi) is 7.91. The van der Waals surface area contributed by atoms with Gasteiger partial charge in [-0.15, -0.1) is 0 Å². The first-order valence-corrected chi connectivity index (χ1v) is 3.25. The smallest absolute Gasteiger partial charge is 0.390 e. The zero-order valence-electron chi connectivity index (χ0n) is 7.22. The first-order chi connectivity index (χ1) is 4.63. The van der Waals surface area contributed by atoms with Gasteiger partial charge >= 0.3 is 11.5 Å². The molecule has 0 aromatic carbocycles. The van der Waals surface area contributed by atoms with Crippen LogP contribution in [0.1, 0.15) is 26.7 Å². The number of hydrogen-bond donors (Lipinski definition) is 1. The summed E-state index contributed by atoms with van der Waals surface area (Å²) in [6.07, 6.45) is 0.755. The van der Waals surface area contributed by atoms with Gasteiger partial charge in [-0.05, 0) is 0 Å². The SMILES string of the molecule is [C-]#[N+]C(CC)(CC)C(=O)O.[K]. The van der Waals surface area contributed by atoms with Gasteiger partial charge in [0.25, 0.3) is 0 Å². The molecule has 0 heterocycles. The van der Waals surface area contributed by atoms with E-state index in [-0.39, 0.29) is 51.4 Å². The number of nitrogens with zero attached hydrogens (tertiary/aromatic N) is 1. The molecule has 0 aromatic rings. The Morgan fingerprint density at radius 1 is 1.55 bits per heavy atom. The van der Waals surface area contributed by atoms with Crippen LogP contribution in [0.5, 0.6) is 0 Å². The van der Waals surface area contributed by atoms with Crippen LogP contribution in [0.15, 0.2) is 0 Å². The third-order valence-electron chi connectivity index (χ3n) is 1.78. The summed E-state index contributed by atoms with van der Waals surface area (Å²) in [6.45, 7) is 10.1. The molecular weight excluding hydrogens is 169 g/mol. The maximum absolute atomic E-state index is 10.5. The molecule has 3 nitrogen and oxygen atoms in total. The van der Waals surface area contributed by atoms with Crippen molar-refractivity contribution in [1.29, 1.82) is 0 Å². The molecule has 0 saturated carbocycles. The average Bonchev–Trinajstić information content (AvgIpc) is 1.92. The molecule has 0 spiro atoms. The van der Waals surface area contributed by atoms with Crippen LogP contribution < -0.4 is 0 Å². The van der Waals surface area contributed by atoms with E-state index in [1.54, 1.807) is 13.8 Å². The molecule has 0 aliphatic heterocycles. The third-order valence-corrected chi connectivity index (χ3v) is 1.78. The van der Waals surface area contributed by atoms with Crippen LogP contribution in [0, 0.1) is 6.57 Å². The minimum atomic E-state index is -1.17. The van der Waals surface area contributed by atoms with Gasteiger partial charge in [-0.25, -0.2) is 11.4 Å². The molecule has 0 saturated heterocycles. The Morgan fingerprint density at radius 3 is 1.91 bits per heavy atom. The van der Waals surface area contributed by atoms with Gasteiger partial charge in [0.05, 0.1) is 0 Å². The van der Waals surface area contributed by atoms with Crippen LogP contribution in [0.3, 0.4) is 0 Å². The summed E-state index contributed by atoms with van der Waals surface area (Å²) in [7, 11) is 0. The fourth-order valence-electron chi connectivity index (χ4n) is 0.758. The Hall–Kier alpha value is 0.596. The van der Waals surface area contributed by atoms with E-state index in [1.807, 2.05) is 0 Å². The zero-order valence-corrected chi connectivity index (χ0v) is 10.3. The van der Waals surface area contributed by atoms with E-state index in [0.717, 1.165) is 0 Å². The minimum Gasteiger partial charge on any atom is -0.475 e. The largest absolute Gasteiger partial charge is 0.475 e. The van der Waals surface area contributed by atoms with Crippen molar-refractivity contribution in [3.05, 3.63) is 11.4 Å². The molecule has 0 bridgehead atoms. The summed E-state index contributed by atoms with van der Waals surface area (Å²) in [4.78, 5) is 13.6. The maximum atomic E-state index is 10.5. The molecular formula is C7H11KNO2. The van der Waals surface area contributed by atoms with Gasteiger partial charge in [0.15, 0.2) is 0 Å². The third kappa shape index (κ3) is 3.22. The number of carboxylic acids is 1. The van der Waals surface area contributed by atoms with Crippen molar-refractivity contribution < 1.29 is 9.90 Å². The normalized spacial score (nSPS) is 9.55. The van der Waals surface area contributed by atoms with E-state index in [1.165, 1.54) is 0 Å². The van der Waals surface area contributed by atoms with Crippen LogP contribution in [0.2, 0.25) is 0 Å². The van der Waals surface area contributed by atoms with Crippen LogP contribution in [0.25, 0.3) is 4.85 Å². The molecule has 57 valence electrons. The van der Waals surface area contributed by atoms with E-state index in [2.05, 4.69) is 4.85 Å². The molecule has 11 heavy (non-hydrogen) atoms. The van der Waals surface area contributed by atoms with Crippen molar-refractivity contribution in [3.8, 4) is 0 Å². The molecule has 0 aliphatic carbocycles. The van der Waals surface area contributed by atoms with Gasteiger partial charge < -0.3 is 5.11 Å². The van der Waals surface area contributed by atoms with Crippen LogP contribution in [0.4, 0.5) is 0 Å². The summed E-state index contributed by atoms with van der Waals surface area (Å²) in [6, 6.07) is 0. The van der Waals surface area contributed by atoms with Crippen molar-refractivity contribution in [2.45, 2.75) is 32.2 Å². The standard InChI is InChI=1S/C7H11NO2.K/c1-4-7(5-2,8-3)6(9)10;/h4-5H2,1-2H3,(H,9,10);. The molecule has 0 amide bonds. The quantitative estimate of drug-likeness (QED) is 0.523. The van der Waals surface area contributed by atoms with Gasteiger partial charge in [-0.1, -0.05) is 13.8 Å². The summed E-state index contributed by atoms with van der Waals surface area (Å²) < 4.78 is 0. The van der Waals surface area contributed by atoms with Crippen LogP contribution in [-0.4, -0.2) is 68.0 Å². The minimum absolute atomic E-state index is 0. The number of rotatable bonds is 3. The van der Waals surface area contributed by atoms with E-state index in [0.29, 0.717) is 12.8 Å². The molecule has 0 aromatic heterocycles. The van der Waals surface area contributed by atoms with Crippen molar-refractivity contribution in [1.82, 2.24) is 0 Å². The van der Waals surface area contributed by atoms with E-state index < -0.39 is 11.5 Å². The fourth-order valence-corrected chi connectivity index (χ4v) is 0.758. The monoisotopic (exact) mass is 180 g/mol. The van der Waals surface area contributed by atoms with E-state index in [4.69, 9.17) is 11.7 Å². The molecule has 0 aliphatic rings. The van der Waals surface area contributed by atoms with Crippen LogP contribution >= 0.6 is 0 Å². The molecule has 1 N–H and O–H groups in total. The molecule has 0 atom stereocenters. The second-order valence-electron chi connectivity index (χ2n) is 2.16. The van der Waals surface area contributed by atoms with E-state index >= 15 is 0 Å². The van der Waals surface area contributed by atoms with Crippen molar-refractivity contribution in [3.63, 3.8) is 0 Å². The van der Waals surface area contributed by atoms with Gasteiger partial charge in [-0.2, -0.15) is 0 Å². The molecule has 0 unspecified atom stereocenters. The number of carboxylic acid groups (broad SMARTS) is 1. The Morgan fingerprint density at radius 2 is 1.91 bits per heavy atom. The summed E-state index contributed by atoms with van der Waals surface area (Å²) >= 11 is 0. The van der Waals surface area contributed by atoms with E-state index in [9.17, 15) is 4.79 Å². The van der Waals surface area contributed by atoms with Crippen molar-refractivity contribution in [2.24, 2.45) is 0 Å². The first kappa shape index (κ1) is 14.1. The molecule has 0 rings (SSSR count). The summed E-state index contributed by atoms with van der Waals surface area (Å²) in [5, 5.41) is 8.61. The molecule has 0 fully saturated rings. The predicted octanol–water partition coefficient (Wildman–Crippen LogP) is 1.17. The molecule has 4 heteroatoms. The number of aliphatic carboxylic acids is 1. The maximum Gasteiger partial charge on any atom is 0.390 e. The molecule has 1 radical (unpaired) electrons. The van der Waals surface area contributed by atoms with Gasteiger partial charge in [-0.3, -0.25) is 4.85 Å². The first-order valence-electron chi connectivity index (χ1n) is 3.25. The van der Waals surface area contributed by atoms with Crippen molar-refractivity contribution >= 4 is 57.4 Å². The average molecular weight is 180 g/mol. The number of hydrogen-bond acceptors (Lipinski definition) is 1. The Balaban J connectivity index is 0. The zero-order chi connectivity index (χ0) is 8.20.